The van der Waals surface area contributed by atoms with Crippen molar-refractivity contribution in [1.82, 2.24) is 25.2 Å². The number of sulfonamides is 1. The first kappa shape index (κ1) is 30.4. The number of fused-ring (bicyclic) bond motifs is 1. The van der Waals surface area contributed by atoms with E-state index in [2.05, 4.69) is 37.4 Å². The highest BCUT2D eigenvalue weighted by Crippen LogP contribution is 2.44. The molecule has 2 aromatic heterocycles. The molecule has 0 saturated heterocycles. The Morgan fingerprint density at radius 3 is 2.44 bits per heavy atom. The van der Waals surface area contributed by atoms with E-state index in [0.717, 1.165) is 41.4 Å². The van der Waals surface area contributed by atoms with Crippen molar-refractivity contribution in [3.63, 3.8) is 0 Å². The standard InChI is InChI=1S/C25H21ClN6O2S.C7H4ClFO/c26-19-7-4-8-20(14-19)35(33,34)30-25-21-13-18(11-12-22(21)27-29-25)23-24(17-9-10-17)32(31-28-23)15-16-5-2-1-3-6-16;8-7(10)5-2-1-3-6(9)4-5/h1-8,11-14,17H,9-10,15H2,(H2,27,29,30);1-4H. The van der Waals surface area contributed by atoms with E-state index in [9.17, 15) is 17.6 Å². The van der Waals surface area contributed by atoms with Gasteiger partial charge in [0.05, 0.1) is 22.7 Å². The second-order valence-corrected chi connectivity index (χ2v) is 12.9. The molecule has 228 valence electrons. The van der Waals surface area contributed by atoms with Gasteiger partial charge in [-0.25, -0.2) is 17.5 Å². The van der Waals surface area contributed by atoms with E-state index in [1.165, 1.54) is 30.3 Å². The number of rotatable bonds is 8. The lowest BCUT2D eigenvalue weighted by Crippen LogP contribution is -2.13. The zero-order valence-electron chi connectivity index (χ0n) is 23.5. The molecule has 4 aromatic carbocycles. The lowest BCUT2D eigenvalue weighted by Gasteiger charge is -2.08. The number of aromatic amines is 1. The SMILES string of the molecule is O=C(Cl)c1cccc(F)c1.O=S(=O)(Nc1n[nH]c2ccc(-c3nnn(Cc4ccccc4)c3C3CC3)cc12)c1cccc(Cl)c1. The number of aromatic nitrogens is 5. The summed E-state index contributed by atoms with van der Waals surface area (Å²) in [5, 5.41) is 16.4. The Hall–Kier alpha value is -4.58. The van der Waals surface area contributed by atoms with Gasteiger partial charge in [0, 0.05) is 27.5 Å². The molecule has 45 heavy (non-hydrogen) atoms. The van der Waals surface area contributed by atoms with Gasteiger partial charge in [0.25, 0.3) is 15.3 Å². The summed E-state index contributed by atoms with van der Waals surface area (Å²) in [5.74, 6) is 0.183. The van der Waals surface area contributed by atoms with Crippen LogP contribution in [0.3, 0.4) is 0 Å². The summed E-state index contributed by atoms with van der Waals surface area (Å²) < 4.78 is 42.7. The number of H-pyrrole nitrogens is 1. The van der Waals surface area contributed by atoms with Gasteiger partial charge in [-0.1, -0.05) is 65.3 Å². The Kier molecular flexibility index (Phi) is 8.66. The number of hydrogen-bond donors (Lipinski definition) is 2. The van der Waals surface area contributed by atoms with Crippen LogP contribution in [0.15, 0.2) is 102 Å². The van der Waals surface area contributed by atoms with E-state index in [-0.39, 0.29) is 16.3 Å². The van der Waals surface area contributed by atoms with E-state index in [1.54, 1.807) is 12.1 Å². The van der Waals surface area contributed by atoms with Crippen molar-refractivity contribution in [3.8, 4) is 11.3 Å². The third-order valence-electron chi connectivity index (χ3n) is 7.14. The Morgan fingerprint density at radius 2 is 1.76 bits per heavy atom. The van der Waals surface area contributed by atoms with Crippen molar-refractivity contribution >= 4 is 55.2 Å². The maximum Gasteiger partial charge on any atom is 0.263 e. The molecule has 2 N–H and O–H groups in total. The molecule has 2 heterocycles. The zero-order valence-corrected chi connectivity index (χ0v) is 25.8. The van der Waals surface area contributed by atoms with Crippen LogP contribution in [0.4, 0.5) is 10.2 Å². The minimum Gasteiger partial charge on any atom is -0.276 e. The van der Waals surface area contributed by atoms with Crippen molar-refractivity contribution in [2.75, 3.05) is 4.72 Å². The number of anilines is 1. The first-order chi connectivity index (χ1) is 21.7. The number of carbonyl (C=O) groups is 1. The highest BCUT2D eigenvalue weighted by Gasteiger charge is 2.32. The van der Waals surface area contributed by atoms with Gasteiger partial charge in [0.2, 0.25) is 0 Å². The summed E-state index contributed by atoms with van der Waals surface area (Å²) in [6.07, 6.45) is 2.21. The number of carbonyl (C=O) groups excluding carboxylic acids is 1. The predicted molar refractivity (Wildman–Crippen MR) is 171 cm³/mol. The number of nitrogens with zero attached hydrogens (tertiary/aromatic N) is 4. The smallest absolute Gasteiger partial charge is 0.263 e. The third kappa shape index (κ3) is 7.06. The molecule has 0 radical (unpaired) electrons. The van der Waals surface area contributed by atoms with Gasteiger partial charge in [-0.15, -0.1) is 5.10 Å². The Labute approximate surface area is 268 Å². The molecular weight excluding hydrogens is 638 g/mol. The van der Waals surface area contributed by atoms with Gasteiger partial charge in [-0.2, -0.15) is 5.10 Å². The highest BCUT2D eigenvalue weighted by molar-refractivity contribution is 7.92. The largest absolute Gasteiger partial charge is 0.276 e. The Balaban J connectivity index is 0.000000306. The van der Waals surface area contributed by atoms with E-state index >= 15 is 0 Å². The van der Waals surface area contributed by atoms with Crippen LogP contribution in [-0.4, -0.2) is 38.9 Å². The molecule has 7 rings (SSSR count). The quantitative estimate of drug-likeness (QED) is 0.164. The zero-order chi connectivity index (χ0) is 31.6. The average Bonchev–Trinajstić information content (AvgIpc) is 3.67. The van der Waals surface area contributed by atoms with Crippen molar-refractivity contribution in [3.05, 3.63) is 125 Å². The molecule has 0 bridgehead atoms. The number of benzene rings is 4. The summed E-state index contributed by atoms with van der Waals surface area (Å²) in [6.45, 7) is 0.651. The molecule has 6 aromatic rings. The number of hydrogen-bond acceptors (Lipinski definition) is 6. The summed E-state index contributed by atoms with van der Waals surface area (Å²) >= 11 is 11.1. The summed E-state index contributed by atoms with van der Waals surface area (Å²) in [6, 6.07) is 27.3. The normalized spacial score (nSPS) is 12.9. The molecule has 0 spiro atoms. The van der Waals surface area contributed by atoms with Crippen LogP contribution in [0.1, 0.15) is 40.4 Å². The summed E-state index contributed by atoms with van der Waals surface area (Å²) in [7, 11) is -3.87. The van der Waals surface area contributed by atoms with Crippen LogP contribution in [-0.2, 0) is 16.6 Å². The number of halogens is 3. The van der Waals surface area contributed by atoms with Crippen molar-refractivity contribution in [2.45, 2.75) is 30.2 Å². The van der Waals surface area contributed by atoms with Crippen molar-refractivity contribution in [1.29, 1.82) is 0 Å². The van der Waals surface area contributed by atoms with Gasteiger partial charge in [-0.05, 0) is 78.5 Å². The van der Waals surface area contributed by atoms with Crippen LogP contribution < -0.4 is 4.72 Å². The maximum atomic E-state index is 12.9. The summed E-state index contributed by atoms with van der Waals surface area (Å²) in [5.41, 5.74) is 4.84. The molecule has 13 heteroatoms. The van der Waals surface area contributed by atoms with Crippen LogP contribution >= 0.6 is 23.2 Å². The van der Waals surface area contributed by atoms with Gasteiger partial charge in [0.1, 0.15) is 11.5 Å². The fourth-order valence-electron chi connectivity index (χ4n) is 4.83. The minimum atomic E-state index is -3.87. The molecule has 0 amide bonds. The molecular formula is C32H25Cl2FN6O3S. The Bertz CT molecular complexity index is 2110. The van der Waals surface area contributed by atoms with E-state index in [1.807, 2.05) is 41.1 Å². The van der Waals surface area contributed by atoms with Crippen LogP contribution in [0, 0.1) is 5.82 Å². The predicted octanol–water partition coefficient (Wildman–Crippen LogP) is 7.41. The molecule has 1 aliphatic carbocycles. The molecule has 1 fully saturated rings. The molecule has 1 saturated carbocycles. The first-order valence-electron chi connectivity index (χ1n) is 13.9. The number of nitrogens with one attached hydrogen (secondary N) is 2. The Morgan fingerprint density at radius 1 is 0.978 bits per heavy atom. The molecule has 0 aliphatic heterocycles. The fraction of sp³-hybridized carbons (Fsp3) is 0.125. The summed E-state index contributed by atoms with van der Waals surface area (Å²) in [4.78, 5) is 10.5. The molecule has 9 nitrogen and oxygen atoms in total. The van der Waals surface area contributed by atoms with Crippen LogP contribution in [0.5, 0.6) is 0 Å². The first-order valence-corrected chi connectivity index (χ1v) is 16.1. The average molecular weight is 664 g/mol. The molecule has 0 unspecified atom stereocenters. The fourth-order valence-corrected chi connectivity index (χ4v) is 6.27. The third-order valence-corrected chi connectivity index (χ3v) is 8.93. The lowest BCUT2D eigenvalue weighted by atomic mass is 10.1. The van der Waals surface area contributed by atoms with E-state index in [0.29, 0.717) is 28.4 Å². The highest BCUT2D eigenvalue weighted by atomic mass is 35.5. The second kappa shape index (κ2) is 12.8. The van der Waals surface area contributed by atoms with Crippen LogP contribution in [0.25, 0.3) is 22.2 Å². The van der Waals surface area contributed by atoms with E-state index in [4.69, 9.17) is 23.2 Å². The van der Waals surface area contributed by atoms with Gasteiger partial charge in [-0.3, -0.25) is 14.6 Å². The molecule has 1 aliphatic rings. The molecule has 0 atom stereocenters. The van der Waals surface area contributed by atoms with Gasteiger partial charge < -0.3 is 0 Å². The van der Waals surface area contributed by atoms with Gasteiger partial charge >= 0.3 is 0 Å². The van der Waals surface area contributed by atoms with Crippen molar-refractivity contribution < 1.29 is 17.6 Å². The maximum absolute atomic E-state index is 12.9. The second-order valence-electron chi connectivity index (χ2n) is 10.4. The monoisotopic (exact) mass is 662 g/mol. The lowest BCUT2D eigenvalue weighted by molar-refractivity contribution is 0.108. The topological polar surface area (TPSA) is 123 Å². The van der Waals surface area contributed by atoms with Crippen molar-refractivity contribution in [2.24, 2.45) is 0 Å². The van der Waals surface area contributed by atoms with E-state index < -0.39 is 21.1 Å². The minimum absolute atomic E-state index is 0.0668. The van der Waals surface area contributed by atoms with Crippen LogP contribution in [0.2, 0.25) is 5.02 Å². The van der Waals surface area contributed by atoms with Gasteiger partial charge in [0.15, 0.2) is 5.82 Å².